The van der Waals surface area contributed by atoms with E-state index in [1.165, 1.54) is 17.0 Å². The summed E-state index contributed by atoms with van der Waals surface area (Å²) in [6, 6.07) is 12.0. The van der Waals surface area contributed by atoms with Crippen LogP contribution in [0.15, 0.2) is 60.9 Å². The molecule has 1 atom stereocenters. The molecule has 0 bridgehead atoms. The minimum Gasteiger partial charge on any atom is -0.489 e. The number of halogens is 3. The van der Waals surface area contributed by atoms with Gasteiger partial charge in [-0.3, -0.25) is 9.30 Å². The number of amides is 1. The molecule has 3 N–H and O–H groups in total. The number of benzene rings is 2. The summed E-state index contributed by atoms with van der Waals surface area (Å²) in [6.45, 7) is 6.56. The van der Waals surface area contributed by atoms with Gasteiger partial charge in [-0.2, -0.15) is 13.2 Å². The molecule has 1 aliphatic heterocycles. The molecular formula is C29H30F3N5O3. The van der Waals surface area contributed by atoms with Crippen LogP contribution in [0.2, 0.25) is 0 Å². The third kappa shape index (κ3) is 4.59. The highest BCUT2D eigenvalue weighted by atomic mass is 19.4. The highest BCUT2D eigenvalue weighted by molar-refractivity contribution is 5.85. The fourth-order valence-electron chi connectivity index (χ4n) is 5.65. The van der Waals surface area contributed by atoms with Crippen LogP contribution in [-0.4, -0.2) is 37.0 Å². The largest absolute Gasteiger partial charge is 0.489 e. The second kappa shape index (κ2) is 9.72. The van der Waals surface area contributed by atoms with Crippen LogP contribution >= 0.6 is 0 Å². The minimum atomic E-state index is -4.39. The number of nitrogens with zero attached hydrogens (tertiary/aromatic N) is 4. The second-order valence-electron chi connectivity index (χ2n) is 11.0. The van der Waals surface area contributed by atoms with E-state index in [2.05, 4.69) is 4.98 Å². The maximum atomic E-state index is 12.8. The molecule has 1 aliphatic rings. The highest BCUT2D eigenvalue weighted by Gasteiger charge is 2.56. The molecule has 1 amide bonds. The standard InChI is InChI=1S/C29H30F3N5O3/c1-27(2,3)28(13-4-15-37(28)26(38)39)25-35-22(23-24(33)34-14-16-36(23)25)19-7-11-21(12-8-19)40-17-18-5-9-20(10-6-18)29(30,31)32/h5-12,14,16H,4,13,15,17H2,1-3H3,(H2,33,34)(H,38,39). The van der Waals surface area contributed by atoms with Crippen molar-refractivity contribution in [1.82, 2.24) is 19.3 Å². The number of rotatable bonds is 5. The van der Waals surface area contributed by atoms with E-state index in [4.69, 9.17) is 15.5 Å². The monoisotopic (exact) mass is 553 g/mol. The molecule has 0 radical (unpaired) electrons. The van der Waals surface area contributed by atoms with E-state index in [-0.39, 0.29) is 12.4 Å². The number of hydrogen-bond donors (Lipinski definition) is 2. The third-order valence-electron chi connectivity index (χ3n) is 7.62. The molecular weight excluding hydrogens is 523 g/mol. The van der Waals surface area contributed by atoms with Crippen molar-refractivity contribution >= 4 is 17.4 Å². The van der Waals surface area contributed by atoms with Gasteiger partial charge < -0.3 is 15.6 Å². The van der Waals surface area contributed by atoms with Crippen molar-refractivity contribution in [3.8, 4) is 17.0 Å². The molecule has 1 fully saturated rings. The van der Waals surface area contributed by atoms with Gasteiger partial charge in [0.05, 0.1) is 5.56 Å². The number of anilines is 1. The van der Waals surface area contributed by atoms with Gasteiger partial charge in [0, 0.05) is 24.5 Å². The summed E-state index contributed by atoms with van der Waals surface area (Å²) < 4.78 is 46.1. The number of hydrogen-bond acceptors (Lipinski definition) is 5. The van der Waals surface area contributed by atoms with Crippen molar-refractivity contribution in [2.24, 2.45) is 5.41 Å². The normalized spacial score (nSPS) is 17.9. The van der Waals surface area contributed by atoms with E-state index in [0.29, 0.717) is 47.7 Å². The Morgan fingerprint density at radius 1 is 1.10 bits per heavy atom. The molecule has 4 aromatic rings. The van der Waals surface area contributed by atoms with Crippen LogP contribution in [0.5, 0.6) is 5.75 Å². The Kier molecular flexibility index (Phi) is 6.63. The molecule has 11 heteroatoms. The summed E-state index contributed by atoms with van der Waals surface area (Å²) in [6.07, 6.45) is -0.736. The van der Waals surface area contributed by atoms with Gasteiger partial charge in [0.25, 0.3) is 0 Å². The molecule has 5 rings (SSSR count). The Labute approximate surface area is 229 Å². The Morgan fingerprint density at radius 3 is 2.38 bits per heavy atom. The zero-order valence-corrected chi connectivity index (χ0v) is 22.4. The Bertz CT molecular complexity index is 1540. The van der Waals surface area contributed by atoms with Crippen LogP contribution in [0.4, 0.5) is 23.8 Å². The lowest BCUT2D eigenvalue weighted by Gasteiger charge is -2.46. The van der Waals surface area contributed by atoms with Gasteiger partial charge in [-0.25, -0.2) is 14.8 Å². The molecule has 0 aliphatic carbocycles. The molecule has 3 heterocycles. The van der Waals surface area contributed by atoms with E-state index in [0.717, 1.165) is 17.7 Å². The lowest BCUT2D eigenvalue weighted by Crippen LogP contribution is -2.53. The number of alkyl halides is 3. The molecule has 40 heavy (non-hydrogen) atoms. The molecule has 210 valence electrons. The predicted molar refractivity (Wildman–Crippen MR) is 144 cm³/mol. The molecule has 2 aromatic carbocycles. The maximum absolute atomic E-state index is 12.8. The van der Waals surface area contributed by atoms with Crippen LogP contribution in [0.3, 0.4) is 0 Å². The van der Waals surface area contributed by atoms with Crippen LogP contribution in [0.1, 0.15) is 50.6 Å². The van der Waals surface area contributed by atoms with Crippen molar-refractivity contribution in [2.45, 2.75) is 51.9 Å². The quantitative estimate of drug-likeness (QED) is 0.289. The smallest absolute Gasteiger partial charge is 0.416 e. The summed E-state index contributed by atoms with van der Waals surface area (Å²) in [4.78, 5) is 23.1. The zero-order chi connectivity index (χ0) is 28.9. The maximum Gasteiger partial charge on any atom is 0.416 e. The summed E-state index contributed by atoms with van der Waals surface area (Å²) in [5, 5.41) is 10.1. The van der Waals surface area contributed by atoms with E-state index in [1.54, 1.807) is 24.5 Å². The first kappa shape index (κ1) is 27.3. The fraction of sp³-hybridized carbons (Fsp3) is 0.345. The van der Waals surface area contributed by atoms with Gasteiger partial charge in [-0.05, 0) is 60.2 Å². The van der Waals surface area contributed by atoms with Crippen molar-refractivity contribution < 1.29 is 27.8 Å². The lowest BCUT2D eigenvalue weighted by atomic mass is 9.71. The third-order valence-corrected chi connectivity index (χ3v) is 7.62. The number of ether oxygens (including phenoxy) is 1. The van der Waals surface area contributed by atoms with Gasteiger partial charge in [0.2, 0.25) is 0 Å². The van der Waals surface area contributed by atoms with E-state index in [9.17, 15) is 23.1 Å². The van der Waals surface area contributed by atoms with Gasteiger partial charge in [0.15, 0.2) is 0 Å². The predicted octanol–water partition coefficient (Wildman–Crippen LogP) is 6.59. The summed E-state index contributed by atoms with van der Waals surface area (Å²) in [5.74, 6) is 1.38. The number of nitrogen functional groups attached to an aromatic ring is 1. The highest BCUT2D eigenvalue weighted by Crippen LogP contribution is 2.52. The summed E-state index contributed by atoms with van der Waals surface area (Å²) >= 11 is 0. The number of aromatic nitrogens is 3. The zero-order valence-electron chi connectivity index (χ0n) is 22.4. The Morgan fingerprint density at radius 2 is 1.77 bits per heavy atom. The number of likely N-dealkylation sites (tertiary alicyclic amines) is 1. The molecule has 8 nitrogen and oxygen atoms in total. The average Bonchev–Trinajstić information content (AvgIpc) is 3.51. The molecule has 0 spiro atoms. The average molecular weight is 554 g/mol. The Balaban J connectivity index is 1.49. The summed E-state index contributed by atoms with van der Waals surface area (Å²) in [5.41, 5.74) is 6.74. The lowest BCUT2D eigenvalue weighted by molar-refractivity contribution is -0.137. The number of carboxylic acid groups (broad SMARTS) is 1. The molecule has 2 aromatic heterocycles. The van der Waals surface area contributed by atoms with Gasteiger partial charge in [-0.15, -0.1) is 0 Å². The molecule has 1 saturated heterocycles. The van der Waals surface area contributed by atoms with Gasteiger partial charge in [-0.1, -0.05) is 32.9 Å². The molecule has 1 unspecified atom stereocenters. The summed E-state index contributed by atoms with van der Waals surface area (Å²) in [7, 11) is 0. The van der Waals surface area contributed by atoms with Crippen molar-refractivity contribution in [3.63, 3.8) is 0 Å². The van der Waals surface area contributed by atoms with E-state index >= 15 is 0 Å². The Hall–Kier alpha value is -4.28. The van der Waals surface area contributed by atoms with E-state index < -0.39 is 28.8 Å². The fourth-order valence-corrected chi connectivity index (χ4v) is 5.65. The second-order valence-corrected chi connectivity index (χ2v) is 11.0. The number of imidazole rings is 1. The topological polar surface area (TPSA) is 106 Å². The SMILES string of the molecule is CC(C)(C)C1(c2nc(-c3ccc(OCc4ccc(C(F)(F)F)cc4)cc3)c3c(N)nccn23)CCCN1C(=O)O. The number of carbonyl (C=O) groups is 1. The van der Waals surface area contributed by atoms with Crippen molar-refractivity contribution in [1.29, 1.82) is 0 Å². The van der Waals surface area contributed by atoms with E-state index in [1.807, 2.05) is 37.3 Å². The number of nitrogens with two attached hydrogens (primary N) is 1. The molecule has 0 saturated carbocycles. The minimum absolute atomic E-state index is 0.102. The van der Waals surface area contributed by atoms with Crippen molar-refractivity contribution in [3.05, 3.63) is 77.9 Å². The van der Waals surface area contributed by atoms with Crippen LogP contribution in [0.25, 0.3) is 16.8 Å². The van der Waals surface area contributed by atoms with Crippen molar-refractivity contribution in [2.75, 3.05) is 12.3 Å². The number of fused-ring (bicyclic) bond motifs is 1. The first-order valence-corrected chi connectivity index (χ1v) is 12.9. The van der Waals surface area contributed by atoms with Gasteiger partial charge >= 0.3 is 12.3 Å². The van der Waals surface area contributed by atoms with Crippen LogP contribution in [0, 0.1) is 5.41 Å². The van der Waals surface area contributed by atoms with Crippen LogP contribution < -0.4 is 10.5 Å². The first-order chi connectivity index (χ1) is 18.8. The first-order valence-electron chi connectivity index (χ1n) is 12.9. The van der Waals surface area contributed by atoms with Crippen LogP contribution in [-0.2, 0) is 18.3 Å². The van der Waals surface area contributed by atoms with Gasteiger partial charge in [0.1, 0.15) is 40.7 Å².